The van der Waals surface area contributed by atoms with Gasteiger partial charge in [-0.1, -0.05) is 0 Å². The lowest BCUT2D eigenvalue weighted by molar-refractivity contribution is 0.475. The minimum Gasteiger partial charge on any atom is -0.506 e. The molecule has 1 saturated heterocycles. The number of rotatable bonds is 5. The van der Waals surface area contributed by atoms with Gasteiger partial charge in [-0.2, -0.15) is 0 Å². The number of hydrogen-bond acceptors (Lipinski definition) is 8. The topological polar surface area (TPSA) is 99.1 Å². The number of anilines is 2. The number of aromatic nitrogens is 4. The van der Waals surface area contributed by atoms with Gasteiger partial charge in [0.1, 0.15) is 17.1 Å². The lowest BCUT2D eigenvalue weighted by Gasteiger charge is -2.32. The van der Waals surface area contributed by atoms with Crippen LogP contribution in [0, 0.1) is 0 Å². The highest BCUT2D eigenvalue weighted by Gasteiger charge is 2.18. The van der Waals surface area contributed by atoms with E-state index in [2.05, 4.69) is 42.6 Å². The molecular weight excluding hydrogens is 425 g/mol. The summed E-state index contributed by atoms with van der Waals surface area (Å²) < 4.78 is 0. The first-order valence-corrected chi connectivity index (χ1v) is 9.33. The van der Waals surface area contributed by atoms with E-state index in [0.717, 1.165) is 36.7 Å². The van der Waals surface area contributed by atoms with E-state index in [9.17, 15) is 5.11 Å². The standard InChI is InChI=1S/C20H23N7O.2ClH/c1-14-13-27(9-8-22-14)19-3-2-17(25-26-19)20-18(28)10-16(12-24-20)23-11-15-4-6-21-7-5-15;;/h2-7,10,12,14,22-23,28H,8-9,11,13H2,1H3;2*1H. The molecule has 0 saturated carbocycles. The number of pyridine rings is 2. The summed E-state index contributed by atoms with van der Waals surface area (Å²) >= 11 is 0. The van der Waals surface area contributed by atoms with Crippen molar-refractivity contribution >= 4 is 36.3 Å². The summed E-state index contributed by atoms with van der Waals surface area (Å²) in [6.07, 6.45) is 5.18. The predicted molar refractivity (Wildman–Crippen MR) is 123 cm³/mol. The summed E-state index contributed by atoms with van der Waals surface area (Å²) in [4.78, 5) is 10.6. The zero-order valence-corrected chi connectivity index (χ0v) is 18.2. The average Bonchev–Trinajstić information content (AvgIpc) is 2.73. The molecule has 4 heterocycles. The number of hydrogen-bond donors (Lipinski definition) is 3. The van der Waals surface area contributed by atoms with Gasteiger partial charge in [0.25, 0.3) is 0 Å². The largest absolute Gasteiger partial charge is 0.506 e. The van der Waals surface area contributed by atoms with Gasteiger partial charge in [0.05, 0.1) is 11.9 Å². The lowest BCUT2D eigenvalue weighted by atomic mass is 10.2. The highest BCUT2D eigenvalue weighted by Crippen LogP contribution is 2.28. The Balaban J connectivity index is 0.00000160. The van der Waals surface area contributed by atoms with Crippen LogP contribution in [0.3, 0.4) is 0 Å². The van der Waals surface area contributed by atoms with Crippen LogP contribution in [0.4, 0.5) is 11.5 Å². The monoisotopic (exact) mass is 449 g/mol. The molecule has 30 heavy (non-hydrogen) atoms. The van der Waals surface area contributed by atoms with E-state index in [4.69, 9.17) is 0 Å². The zero-order valence-electron chi connectivity index (χ0n) is 16.5. The predicted octanol–water partition coefficient (Wildman–Crippen LogP) is 2.89. The average molecular weight is 450 g/mol. The van der Waals surface area contributed by atoms with Gasteiger partial charge in [0, 0.05) is 50.7 Å². The number of piperazine rings is 1. The zero-order chi connectivity index (χ0) is 19.3. The SMILES string of the molecule is CC1CN(c2ccc(-c3ncc(NCc4ccncc4)cc3O)nn2)CCN1.Cl.Cl. The molecule has 10 heteroatoms. The highest BCUT2D eigenvalue weighted by atomic mass is 35.5. The second kappa shape index (κ2) is 10.9. The van der Waals surface area contributed by atoms with Crippen LogP contribution in [-0.4, -0.2) is 50.9 Å². The van der Waals surface area contributed by atoms with Crippen LogP contribution in [0.1, 0.15) is 12.5 Å². The molecule has 1 atom stereocenters. The Hall–Kier alpha value is -2.68. The van der Waals surface area contributed by atoms with Gasteiger partial charge in [0.2, 0.25) is 0 Å². The fraction of sp³-hybridized carbons (Fsp3) is 0.300. The van der Waals surface area contributed by atoms with E-state index >= 15 is 0 Å². The molecule has 160 valence electrons. The van der Waals surface area contributed by atoms with Crippen LogP contribution in [0.25, 0.3) is 11.4 Å². The highest BCUT2D eigenvalue weighted by molar-refractivity contribution is 5.85. The first kappa shape index (κ1) is 23.6. The molecule has 0 radical (unpaired) electrons. The molecule has 1 unspecified atom stereocenters. The van der Waals surface area contributed by atoms with Crippen LogP contribution < -0.4 is 15.5 Å². The van der Waals surface area contributed by atoms with Crippen molar-refractivity contribution < 1.29 is 5.11 Å². The second-order valence-corrected chi connectivity index (χ2v) is 6.88. The fourth-order valence-corrected chi connectivity index (χ4v) is 3.21. The Morgan fingerprint density at radius 1 is 1.17 bits per heavy atom. The summed E-state index contributed by atoms with van der Waals surface area (Å²) in [6, 6.07) is 9.72. The number of aromatic hydroxyl groups is 1. The minimum atomic E-state index is 0. The van der Waals surface area contributed by atoms with Crippen molar-refractivity contribution in [2.45, 2.75) is 19.5 Å². The molecule has 8 nitrogen and oxygen atoms in total. The molecule has 4 rings (SSSR count). The van der Waals surface area contributed by atoms with E-state index in [0.29, 0.717) is 24.0 Å². The third kappa shape index (κ3) is 5.69. The van der Waals surface area contributed by atoms with Crippen molar-refractivity contribution in [3.63, 3.8) is 0 Å². The molecule has 1 fully saturated rings. The number of halogens is 2. The van der Waals surface area contributed by atoms with Crippen molar-refractivity contribution in [3.05, 3.63) is 54.5 Å². The van der Waals surface area contributed by atoms with Crippen LogP contribution in [0.2, 0.25) is 0 Å². The summed E-state index contributed by atoms with van der Waals surface area (Å²) in [5.41, 5.74) is 2.80. The van der Waals surface area contributed by atoms with Gasteiger partial charge < -0.3 is 20.6 Å². The van der Waals surface area contributed by atoms with Crippen molar-refractivity contribution in [2.24, 2.45) is 0 Å². The van der Waals surface area contributed by atoms with Crippen LogP contribution >= 0.6 is 24.8 Å². The lowest BCUT2D eigenvalue weighted by Crippen LogP contribution is -2.49. The first-order chi connectivity index (χ1) is 13.7. The first-order valence-electron chi connectivity index (χ1n) is 9.33. The normalized spacial score (nSPS) is 15.6. The van der Waals surface area contributed by atoms with Gasteiger partial charge in [-0.25, -0.2) is 4.98 Å². The van der Waals surface area contributed by atoms with Crippen molar-refractivity contribution in [2.75, 3.05) is 29.9 Å². The Morgan fingerprint density at radius 2 is 1.97 bits per heavy atom. The van der Waals surface area contributed by atoms with Gasteiger partial charge >= 0.3 is 0 Å². The Bertz CT molecular complexity index is 928. The third-order valence-corrected chi connectivity index (χ3v) is 4.70. The summed E-state index contributed by atoms with van der Waals surface area (Å²) in [7, 11) is 0. The van der Waals surface area contributed by atoms with E-state index < -0.39 is 0 Å². The van der Waals surface area contributed by atoms with Crippen LogP contribution in [0.5, 0.6) is 5.75 Å². The van der Waals surface area contributed by atoms with Gasteiger partial charge in [0.15, 0.2) is 5.82 Å². The van der Waals surface area contributed by atoms with E-state index in [1.807, 2.05) is 24.3 Å². The summed E-state index contributed by atoms with van der Waals surface area (Å²) in [6.45, 7) is 5.51. The van der Waals surface area contributed by atoms with Crippen LogP contribution in [-0.2, 0) is 6.54 Å². The van der Waals surface area contributed by atoms with Crippen LogP contribution in [0.15, 0.2) is 48.9 Å². The molecule has 0 aliphatic carbocycles. The van der Waals surface area contributed by atoms with Crippen molar-refractivity contribution in [1.29, 1.82) is 0 Å². The molecule has 0 spiro atoms. The Labute approximate surface area is 188 Å². The third-order valence-electron chi connectivity index (χ3n) is 4.70. The van der Waals surface area contributed by atoms with Gasteiger partial charge in [-0.3, -0.25) is 4.98 Å². The number of nitrogens with zero attached hydrogens (tertiary/aromatic N) is 5. The van der Waals surface area contributed by atoms with E-state index in [1.54, 1.807) is 24.7 Å². The maximum absolute atomic E-state index is 10.4. The molecule has 1 aliphatic heterocycles. The van der Waals surface area contributed by atoms with Gasteiger partial charge in [-0.15, -0.1) is 35.0 Å². The van der Waals surface area contributed by atoms with Gasteiger partial charge in [-0.05, 0) is 36.8 Å². The molecule has 0 aromatic carbocycles. The Morgan fingerprint density at radius 3 is 2.63 bits per heavy atom. The second-order valence-electron chi connectivity index (χ2n) is 6.88. The van der Waals surface area contributed by atoms with E-state index in [1.165, 1.54) is 0 Å². The molecule has 1 aliphatic rings. The molecule has 0 amide bonds. The summed E-state index contributed by atoms with van der Waals surface area (Å²) in [5.74, 6) is 0.907. The minimum absolute atomic E-state index is 0. The maximum Gasteiger partial charge on any atom is 0.151 e. The molecular formula is C20H25Cl2N7O. The van der Waals surface area contributed by atoms with Crippen molar-refractivity contribution in [3.8, 4) is 17.1 Å². The maximum atomic E-state index is 10.4. The number of nitrogens with one attached hydrogen (secondary N) is 2. The van der Waals surface area contributed by atoms with E-state index in [-0.39, 0.29) is 30.6 Å². The quantitative estimate of drug-likeness (QED) is 0.546. The molecule has 3 aromatic heterocycles. The molecule has 0 bridgehead atoms. The molecule has 3 aromatic rings. The molecule has 3 N–H and O–H groups in total. The smallest absolute Gasteiger partial charge is 0.151 e. The summed E-state index contributed by atoms with van der Waals surface area (Å²) in [5, 5.41) is 25.6. The fourth-order valence-electron chi connectivity index (χ4n) is 3.21. The Kier molecular flexibility index (Phi) is 8.58. The van der Waals surface area contributed by atoms with Crippen molar-refractivity contribution in [1.82, 2.24) is 25.5 Å².